The Morgan fingerprint density at radius 2 is 1.74 bits per heavy atom. The minimum absolute atomic E-state index is 0. The van der Waals surface area contributed by atoms with E-state index < -0.39 is 35.6 Å². The molecule has 47 heavy (non-hydrogen) atoms. The average Bonchev–Trinajstić information content (AvgIpc) is 3.44. The summed E-state index contributed by atoms with van der Waals surface area (Å²) in [5.41, 5.74) is 2.40. The van der Waals surface area contributed by atoms with Crippen LogP contribution >= 0.6 is 0 Å². The van der Waals surface area contributed by atoms with Gasteiger partial charge in [0.25, 0.3) is 0 Å². The van der Waals surface area contributed by atoms with Gasteiger partial charge in [0.05, 0.1) is 18.5 Å². The highest BCUT2D eigenvalue weighted by Gasteiger charge is 2.42. The Hall–Kier alpha value is -4.34. The van der Waals surface area contributed by atoms with Crippen LogP contribution in [0.15, 0.2) is 54.7 Å². The number of ether oxygens (including phenoxy) is 1. The number of para-hydroxylation sites is 1. The number of carbonyl (C=O) groups excluding carboxylic acids is 3. The van der Waals surface area contributed by atoms with E-state index in [1.54, 1.807) is 6.92 Å². The van der Waals surface area contributed by atoms with Gasteiger partial charge < -0.3 is 30.8 Å². The molecule has 1 heterocycles. The SMILES string of the molecule is CC(Cc1c[nH]c2ccccc12)(NC(=O)OC1CCC2CCCC1C2)C(=O)NC1CCc2ccccc2C1NC(=O)CCC(=O)O.[CH2]. The van der Waals surface area contributed by atoms with Gasteiger partial charge in [-0.25, -0.2) is 4.79 Å². The number of hydrogen-bond acceptors (Lipinski definition) is 5. The minimum atomic E-state index is -1.37. The summed E-state index contributed by atoms with van der Waals surface area (Å²) < 4.78 is 6.04. The lowest BCUT2D eigenvalue weighted by molar-refractivity contribution is -0.139. The van der Waals surface area contributed by atoms with Gasteiger partial charge in [-0.3, -0.25) is 14.4 Å². The van der Waals surface area contributed by atoms with Crippen molar-refractivity contribution in [1.82, 2.24) is 20.9 Å². The maximum atomic E-state index is 14.4. The van der Waals surface area contributed by atoms with Crippen LogP contribution in [0.5, 0.6) is 0 Å². The van der Waals surface area contributed by atoms with Crippen LogP contribution in [0.1, 0.15) is 87.4 Å². The molecule has 2 fully saturated rings. The number of H-pyrrole nitrogens is 1. The second kappa shape index (κ2) is 14.6. The fourth-order valence-corrected chi connectivity index (χ4v) is 7.84. The quantitative estimate of drug-likeness (QED) is 0.193. The van der Waals surface area contributed by atoms with Gasteiger partial charge >= 0.3 is 12.1 Å². The number of aliphatic carboxylic acids is 1. The second-order valence-corrected chi connectivity index (χ2v) is 13.6. The molecule has 2 aromatic carbocycles. The zero-order chi connectivity index (χ0) is 32.3. The van der Waals surface area contributed by atoms with Crippen LogP contribution in [-0.4, -0.2) is 51.7 Å². The number of hydrogen-bond donors (Lipinski definition) is 5. The first-order chi connectivity index (χ1) is 22.2. The Morgan fingerprint density at radius 1 is 0.957 bits per heavy atom. The molecule has 2 saturated carbocycles. The van der Waals surface area contributed by atoms with E-state index in [1.807, 2.05) is 54.7 Å². The van der Waals surface area contributed by atoms with Gasteiger partial charge in [0, 0.05) is 29.9 Å². The van der Waals surface area contributed by atoms with Gasteiger partial charge in [-0.1, -0.05) is 62.7 Å². The number of alkyl carbamates (subject to hydrolysis) is 1. The monoisotopic (exact) mass is 642 g/mol. The highest BCUT2D eigenvalue weighted by Crippen LogP contribution is 2.41. The van der Waals surface area contributed by atoms with E-state index in [0.29, 0.717) is 18.8 Å². The van der Waals surface area contributed by atoms with Gasteiger partial charge in [0.2, 0.25) is 11.8 Å². The Morgan fingerprint density at radius 3 is 2.57 bits per heavy atom. The molecule has 3 aliphatic rings. The maximum Gasteiger partial charge on any atom is 0.408 e. The third-order valence-electron chi connectivity index (χ3n) is 10.3. The van der Waals surface area contributed by atoms with E-state index in [2.05, 4.69) is 20.9 Å². The van der Waals surface area contributed by atoms with E-state index in [9.17, 15) is 19.2 Å². The Bertz CT molecular complexity index is 1600. The van der Waals surface area contributed by atoms with E-state index in [4.69, 9.17) is 9.84 Å². The molecule has 6 atom stereocenters. The van der Waals surface area contributed by atoms with E-state index in [1.165, 1.54) is 6.42 Å². The summed E-state index contributed by atoms with van der Waals surface area (Å²) in [6.45, 7) is 1.72. The first-order valence-electron chi connectivity index (χ1n) is 16.6. The predicted octanol–water partition coefficient (Wildman–Crippen LogP) is 5.64. The lowest BCUT2D eigenvalue weighted by Crippen LogP contribution is -2.62. The van der Waals surface area contributed by atoms with Gasteiger partial charge in [-0.05, 0) is 80.0 Å². The number of carboxylic acid groups (broad SMARTS) is 1. The van der Waals surface area contributed by atoms with Crippen LogP contribution in [0.25, 0.3) is 10.9 Å². The molecule has 10 nitrogen and oxygen atoms in total. The van der Waals surface area contributed by atoms with Gasteiger partial charge in [-0.15, -0.1) is 0 Å². The number of aromatic amines is 1. The number of carboxylic acids is 1. The number of fused-ring (bicyclic) bond motifs is 4. The first-order valence-corrected chi connectivity index (χ1v) is 16.6. The van der Waals surface area contributed by atoms with Gasteiger partial charge in [0.15, 0.2) is 0 Å². The Labute approximate surface area is 276 Å². The highest BCUT2D eigenvalue weighted by molar-refractivity contribution is 5.92. The minimum Gasteiger partial charge on any atom is -0.481 e. The molecule has 250 valence electrons. The van der Waals surface area contributed by atoms with Crippen molar-refractivity contribution in [2.24, 2.45) is 11.8 Å². The summed E-state index contributed by atoms with van der Waals surface area (Å²) in [7, 11) is 0. The lowest BCUT2D eigenvalue weighted by atomic mass is 9.71. The number of rotatable bonds is 10. The summed E-state index contributed by atoms with van der Waals surface area (Å²) in [6, 6.07) is 14.6. The number of carbonyl (C=O) groups is 4. The summed E-state index contributed by atoms with van der Waals surface area (Å²) in [5, 5.41) is 19.2. The molecular formula is C37H46N4O6. The molecule has 0 spiro atoms. The van der Waals surface area contributed by atoms with Crippen LogP contribution in [0, 0.1) is 19.3 Å². The number of benzene rings is 2. The first kappa shape index (κ1) is 34.0. The highest BCUT2D eigenvalue weighted by atomic mass is 16.6. The molecule has 0 aliphatic heterocycles. The predicted molar refractivity (Wildman–Crippen MR) is 178 cm³/mol. The normalized spacial score (nSPS) is 24.5. The van der Waals surface area contributed by atoms with Crippen molar-refractivity contribution in [1.29, 1.82) is 0 Å². The molecule has 5 N–H and O–H groups in total. The van der Waals surface area contributed by atoms with Crippen LogP contribution in [0.2, 0.25) is 0 Å². The van der Waals surface area contributed by atoms with Crippen molar-refractivity contribution in [3.63, 3.8) is 0 Å². The third kappa shape index (κ3) is 7.80. The lowest BCUT2D eigenvalue weighted by Gasteiger charge is -2.40. The zero-order valence-electron chi connectivity index (χ0n) is 27.1. The van der Waals surface area contributed by atoms with Crippen molar-refractivity contribution in [2.75, 3.05) is 0 Å². The summed E-state index contributed by atoms with van der Waals surface area (Å²) in [4.78, 5) is 55.1. The largest absolute Gasteiger partial charge is 0.481 e. The molecule has 0 saturated heterocycles. The van der Waals surface area contributed by atoms with Crippen LogP contribution in [-0.2, 0) is 32.0 Å². The molecule has 3 amide bonds. The topological polar surface area (TPSA) is 150 Å². The van der Waals surface area contributed by atoms with Crippen molar-refractivity contribution >= 4 is 34.8 Å². The van der Waals surface area contributed by atoms with Gasteiger partial charge in [0.1, 0.15) is 11.6 Å². The fraction of sp³-hybridized carbons (Fsp3) is 0.486. The molecule has 6 rings (SSSR count). The average molecular weight is 643 g/mol. The molecule has 2 bridgehead atoms. The number of amides is 3. The number of nitrogens with one attached hydrogen (secondary N) is 4. The molecular weight excluding hydrogens is 596 g/mol. The molecule has 6 unspecified atom stereocenters. The van der Waals surface area contributed by atoms with Crippen molar-refractivity contribution < 1.29 is 29.0 Å². The summed E-state index contributed by atoms with van der Waals surface area (Å²) >= 11 is 0. The molecule has 3 aliphatic carbocycles. The zero-order valence-corrected chi connectivity index (χ0v) is 27.1. The van der Waals surface area contributed by atoms with E-state index in [-0.39, 0.29) is 38.7 Å². The van der Waals surface area contributed by atoms with Crippen LogP contribution in [0.4, 0.5) is 4.79 Å². The smallest absolute Gasteiger partial charge is 0.408 e. The van der Waals surface area contributed by atoms with Crippen molar-refractivity contribution in [2.45, 2.75) is 101 Å². The molecule has 2 radical (unpaired) electrons. The van der Waals surface area contributed by atoms with Crippen LogP contribution in [0.3, 0.4) is 0 Å². The molecule has 3 aromatic rings. The van der Waals surface area contributed by atoms with Crippen molar-refractivity contribution in [3.8, 4) is 0 Å². The van der Waals surface area contributed by atoms with Crippen LogP contribution < -0.4 is 16.0 Å². The third-order valence-corrected chi connectivity index (χ3v) is 10.3. The molecule has 1 aromatic heterocycles. The standard InChI is InChI=1S/C36H44N4O6.CH2/c1-36(20-25-21-37-28-12-5-4-10-26(25)28,40-35(45)46-30-16-13-22-7-6-9-24(30)19-22)34(44)38-29-15-14-23-8-2-3-11-27(23)33(29)39-31(41)17-18-32(42)43;/h2-5,8,10-12,21-22,24,29-30,33,37H,6-7,9,13-20H2,1H3,(H,38,44)(H,39,41)(H,40,45)(H,42,43);1H2. The molecule has 10 heteroatoms. The van der Waals surface area contributed by atoms with E-state index in [0.717, 1.165) is 65.6 Å². The fourth-order valence-electron chi connectivity index (χ4n) is 7.84. The van der Waals surface area contributed by atoms with Gasteiger partial charge in [-0.2, -0.15) is 0 Å². The second-order valence-electron chi connectivity index (χ2n) is 13.6. The Kier molecular flexibility index (Phi) is 10.6. The Balaban J connectivity index is 0.00000433. The number of aromatic nitrogens is 1. The number of aryl methyl sites for hydroxylation is 1. The van der Waals surface area contributed by atoms with E-state index >= 15 is 0 Å². The summed E-state index contributed by atoms with van der Waals surface area (Å²) in [5.74, 6) is -0.751. The summed E-state index contributed by atoms with van der Waals surface area (Å²) in [6.07, 6.45) is 8.62. The maximum absolute atomic E-state index is 14.4. The van der Waals surface area contributed by atoms with Crippen molar-refractivity contribution in [3.05, 3.63) is 78.8 Å².